The van der Waals surface area contributed by atoms with Crippen LogP contribution in [0.15, 0.2) is 47.4 Å². The molecule has 0 heterocycles. The molecule has 0 spiro atoms. The lowest BCUT2D eigenvalue weighted by atomic mass is 10.1. The predicted octanol–water partition coefficient (Wildman–Crippen LogP) is 4.99. The molecule has 110 valence electrons. The Kier molecular flexibility index (Phi) is 5.57. The molecule has 2 nitrogen and oxygen atoms in total. The van der Waals surface area contributed by atoms with Gasteiger partial charge in [-0.25, -0.2) is 0 Å². The minimum Gasteiger partial charge on any atom is -0.337 e. The molecule has 0 fully saturated rings. The smallest absolute Gasteiger partial charge is 0.255 e. The molecule has 0 atom stereocenters. The zero-order valence-corrected chi connectivity index (χ0v) is 14.1. The predicted molar refractivity (Wildman–Crippen MR) is 90.5 cm³/mol. The number of benzene rings is 2. The lowest BCUT2D eigenvalue weighted by Crippen LogP contribution is -2.26. The second-order valence-electron chi connectivity index (χ2n) is 4.63. The topological polar surface area (TPSA) is 20.3 Å². The molecule has 2 aromatic carbocycles. The molecule has 0 aromatic heterocycles. The molecule has 0 aliphatic carbocycles. The molecular formula is C16H15Cl2NOS. The van der Waals surface area contributed by atoms with Gasteiger partial charge in [0.1, 0.15) is 0 Å². The van der Waals surface area contributed by atoms with Crippen LogP contribution < -0.4 is 0 Å². The van der Waals surface area contributed by atoms with E-state index in [1.165, 1.54) is 4.90 Å². The van der Waals surface area contributed by atoms with Gasteiger partial charge >= 0.3 is 0 Å². The van der Waals surface area contributed by atoms with Gasteiger partial charge in [-0.15, -0.1) is 11.8 Å². The van der Waals surface area contributed by atoms with E-state index in [4.69, 9.17) is 23.2 Å². The van der Waals surface area contributed by atoms with Gasteiger partial charge in [0.05, 0.1) is 10.6 Å². The number of amides is 1. The first-order valence-electron chi connectivity index (χ1n) is 6.34. The summed E-state index contributed by atoms with van der Waals surface area (Å²) < 4.78 is 0. The van der Waals surface area contributed by atoms with Crippen molar-refractivity contribution in [2.75, 3.05) is 13.3 Å². The molecule has 0 radical (unpaired) electrons. The van der Waals surface area contributed by atoms with Crippen LogP contribution in [0.1, 0.15) is 15.9 Å². The van der Waals surface area contributed by atoms with Crippen LogP contribution in [0.4, 0.5) is 0 Å². The van der Waals surface area contributed by atoms with Gasteiger partial charge in [0, 0.05) is 23.5 Å². The summed E-state index contributed by atoms with van der Waals surface area (Å²) in [5.74, 6) is -0.120. The van der Waals surface area contributed by atoms with Gasteiger partial charge < -0.3 is 4.90 Å². The van der Waals surface area contributed by atoms with E-state index >= 15 is 0 Å². The summed E-state index contributed by atoms with van der Waals surface area (Å²) in [6.07, 6.45) is 2.03. The van der Waals surface area contributed by atoms with Crippen LogP contribution in [-0.2, 0) is 6.54 Å². The number of nitrogens with zero attached hydrogens (tertiary/aromatic N) is 1. The van der Waals surface area contributed by atoms with Gasteiger partial charge in [-0.1, -0.05) is 35.3 Å². The third-order valence-electron chi connectivity index (χ3n) is 3.09. The Bertz CT molecular complexity index is 643. The lowest BCUT2D eigenvalue weighted by molar-refractivity contribution is 0.0785. The maximum absolute atomic E-state index is 12.4. The number of thioether (sulfide) groups is 1. The Labute approximate surface area is 139 Å². The molecule has 5 heteroatoms. The molecule has 0 N–H and O–H groups in total. The van der Waals surface area contributed by atoms with Crippen molar-refractivity contribution in [3.63, 3.8) is 0 Å². The Morgan fingerprint density at radius 1 is 1.14 bits per heavy atom. The van der Waals surface area contributed by atoms with Gasteiger partial charge in [0.15, 0.2) is 0 Å². The average Bonchev–Trinajstić information content (AvgIpc) is 2.47. The quantitative estimate of drug-likeness (QED) is 0.731. The minimum atomic E-state index is -0.120. The largest absolute Gasteiger partial charge is 0.337 e. The molecule has 0 aliphatic heterocycles. The summed E-state index contributed by atoms with van der Waals surface area (Å²) in [5.41, 5.74) is 1.54. The van der Waals surface area contributed by atoms with E-state index in [-0.39, 0.29) is 5.91 Å². The van der Waals surface area contributed by atoms with Crippen LogP contribution in [0, 0.1) is 0 Å². The van der Waals surface area contributed by atoms with Crippen molar-refractivity contribution in [1.29, 1.82) is 0 Å². The molecule has 2 rings (SSSR count). The Morgan fingerprint density at radius 2 is 1.81 bits per heavy atom. The third kappa shape index (κ3) is 4.16. The highest BCUT2D eigenvalue weighted by atomic mass is 35.5. The van der Waals surface area contributed by atoms with Gasteiger partial charge in [-0.05, 0) is 42.2 Å². The van der Waals surface area contributed by atoms with Crippen molar-refractivity contribution < 1.29 is 4.79 Å². The Balaban J connectivity index is 2.11. The van der Waals surface area contributed by atoms with E-state index in [9.17, 15) is 4.79 Å². The first-order valence-corrected chi connectivity index (χ1v) is 8.33. The third-order valence-corrected chi connectivity index (χ3v) is 4.38. The number of carbonyl (C=O) groups is 1. The number of halogens is 2. The first-order chi connectivity index (χ1) is 10.0. The Morgan fingerprint density at radius 3 is 2.38 bits per heavy atom. The van der Waals surface area contributed by atoms with Crippen LogP contribution >= 0.6 is 35.0 Å². The van der Waals surface area contributed by atoms with E-state index in [2.05, 4.69) is 0 Å². The zero-order chi connectivity index (χ0) is 15.4. The van der Waals surface area contributed by atoms with Crippen LogP contribution in [0.3, 0.4) is 0 Å². The van der Waals surface area contributed by atoms with Crippen molar-refractivity contribution >= 4 is 40.9 Å². The van der Waals surface area contributed by atoms with Gasteiger partial charge in [0.2, 0.25) is 0 Å². The second-order valence-corrected chi connectivity index (χ2v) is 6.36. The summed E-state index contributed by atoms with van der Waals surface area (Å²) in [5, 5.41) is 0.893. The summed E-state index contributed by atoms with van der Waals surface area (Å²) >= 11 is 13.6. The van der Waals surface area contributed by atoms with Gasteiger partial charge in [-0.2, -0.15) is 0 Å². The molecule has 2 aromatic rings. The molecular weight excluding hydrogens is 325 g/mol. The highest BCUT2D eigenvalue weighted by molar-refractivity contribution is 7.98. The van der Waals surface area contributed by atoms with Crippen molar-refractivity contribution in [3.05, 3.63) is 63.6 Å². The lowest BCUT2D eigenvalue weighted by Gasteiger charge is -2.18. The van der Waals surface area contributed by atoms with E-state index < -0.39 is 0 Å². The number of hydrogen-bond donors (Lipinski definition) is 0. The van der Waals surface area contributed by atoms with Crippen molar-refractivity contribution in [1.82, 2.24) is 4.90 Å². The fraction of sp³-hybridized carbons (Fsp3) is 0.188. The van der Waals surface area contributed by atoms with Crippen molar-refractivity contribution in [2.24, 2.45) is 0 Å². The van der Waals surface area contributed by atoms with E-state index in [0.717, 1.165) is 5.56 Å². The minimum absolute atomic E-state index is 0.120. The van der Waals surface area contributed by atoms with Crippen LogP contribution in [0.2, 0.25) is 10.0 Å². The van der Waals surface area contributed by atoms with Crippen molar-refractivity contribution in [2.45, 2.75) is 11.4 Å². The number of rotatable bonds is 4. The molecule has 0 bridgehead atoms. The zero-order valence-electron chi connectivity index (χ0n) is 11.8. The SMILES string of the molecule is CSc1ccc(CN(C)C(=O)c2ccc(Cl)cc2Cl)cc1. The summed E-state index contributed by atoms with van der Waals surface area (Å²) in [6, 6.07) is 13.1. The van der Waals surface area contributed by atoms with Crippen LogP contribution in [-0.4, -0.2) is 24.1 Å². The highest BCUT2D eigenvalue weighted by Gasteiger charge is 2.15. The normalized spacial score (nSPS) is 10.5. The second kappa shape index (κ2) is 7.21. The van der Waals surface area contributed by atoms with Gasteiger partial charge in [0.25, 0.3) is 5.91 Å². The first kappa shape index (κ1) is 16.2. The highest BCUT2D eigenvalue weighted by Crippen LogP contribution is 2.23. The molecule has 21 heavy (non-hydrogen) atoms. The number of hydrogen-bond acceptors (Lipinski definition) is 2. The standard InChI is InChI=1S/C16H15Cl2NOS/c1-19(10-11-3-6-13(21-2)7-4-11)16(20)14-8-5-12(17)9-15(14)18/h3-9H,10H2,1-2H3. The van der Waals surface area contributed by atoms with Gasteiger partial charge in [-0.3, -0.25) is 4.79 Å². The van der Waals surface area contributed by atoms with E-state index in [0.29, 0.717) is 22.2 Å². The summed E-state index contributed by atoms with van der Waals surface area (Å²) in [6.45, 7) is 0.534. The molecule has 1 amide bonds. The summed E-state index contributed by atoms with van der Waals surface area (Å²) in [4.78, 5) is 15.2. The number of carbonyl (C=O) groups excluding carboxylic acids is 1. The fourth-order valence-electron chi connectivity index (χ4n) is 1.95. The molecule has 0 saturated carbocycles. The van der Waals surface area contributed by atoms with E-state index in [1.54, 1.807) is 41.9 Å². The average molecular weight is 340 g/mol. The van der Waals surface area contributed by atoms with Crippen molar-refractivity contribution in [3.8, 4) is 0 Å². The monoisotopic (exact) mass is 339 g/mol. The van der Waals surface area contributed by atoms with Crippen LogP contribution in [0.5, 0.6) is 0 Å². The summed E-state index contributed by atoms with van der Waals surface area (Å²) in [7, 11) is 1.76. The van der Waals surface area contributed by atoms with Crippen LogP contribution in [0.25, 0.3) is 0 Å². The molecule has 0 saturated heterocycles. The molecule has 0 unspecified atom stereocenters. The maximum atomic E-state index is 12.4. The Hall–Kier alpha value is -1.16. The molecule has 0 aliphatic rings. The van der Waals surface area contributed by atoms with E-state index in [1.807, 2.05) is 30.5 Å². The fourth-order valence-corrected chi connectivity index (χ4v) is 2.84. The maximum Gasteiger partial charge on any atom is 0.255 e.